The Kier molecular flexibility index (Phi) is 5.03. The van der Waals surface area contributed by atoms with E-state index in [1.165, 1.54) is 0 Å². The number of ether oxygens (including phenoxy) is 2. The summed E-state index contributed by atoms with van der Waals surface area (Å²) in [5.41, 5.74) is 0.613. The monoisotopic (exact) mass is 295 g/mol. The topological polar surface area (TPSA) is 88.0 Å². The van der Waals surface area contributed by atoms with Crippen molar-refractivity contribution < 1.29 is 24.5 Å². The predicted molar refractivity (Wildman–Crippen MR) is 76.4 cm³/mol. The lowest BCUT2D eigenvalue weighted by Gasteiger charge is -2.24. The summed E-state index contributed by atoms with van der Waals surface area (Å²) in [5, 5.41) is 22.6. The van der Waals surface area contributed by atoms with Crippen molar-refractivity contribution in [3.63, 3.8) is 0 Å². The van der Waals surface area contributed by atoms with Crippen molar-refractivity contribution in [2.75, 3.05) is 13.3 Å². The first-order valence-corrected chi connectivity index (χ1v) is 7.00. The van der Waals surface area contributed by atoms with Gasteiger partial charge in [-0.2, -0.15) is 0 Å². The van der Waals surface area contributed by atoms with E-state index >= 15 is 0 Å². The Balaban J connectivity index is 2.12. The van der Waals surface area contributed by atoms with Gasteiger partial charge >= 0.3 is 5.97 Å². The number of rotatable bonds is 7. The lowest BCUT2D eigenvalue weighted by atomic mass is 9.98. The van der Waals surface area contributed by atoms with Gasteiger partial charge in [-0.3, -0.25) is 4.79 Å². The highest BCUT2D eigenvalue weighted by Crippen LogP contribution is 2.35. The molecule has 2 rings (SSSR count). The van der Waals surface area contributed by atoms with Crippen LogP contribution in [0.25, 0.3) is 0 Å². The van der Waals surface area contributed by atoms with Crippen molar-refractivity contribution in [1.29, 1.82) is 0 Å². The van der Waals surface area contributed by atoms with Crippen molar-refractivity contribution >= 4 is 5.97 Å². The third-order valence-corrected chi connectivity index (χ3v) is 3.30. The van der Waals surface area contributed by atoms with E-state index in [9.17, 15) is 9.90 Å². The second-order valence-corrected chi connectivity index (χ2v) is 5.56. The summed E-state index contributed by atoms with van der Waals surface area (Å²) in [5.74, 6) is 0.627. The van der Waals surface area contributed by atoms with E-state index in [1.807, 2.05) is 13.8 Å². The molecule has 1 aromatic carbocycles. The molecule has 1 aliphatic rings. The van der Waals surface area contributed by atoms with Crippen molar-refractivity contribution in [1.82, 2.24) is 5.32 Å². The predicted octanol–water partition coefficient (Wildman–Crippen LogP) is 1.54. The third-order valence-electron chi connectivity index (χ3n) is 3.30. The Morgan fingerprint density at radius 2 is 2.05 bits per heavy atom. The molecule has 0 spiro atoms. The Hall–Kier alpha value is -1.79. The van der Waals surface area contributed by atoms with Gasteiger partial charge in [0.25, 0.3) is 0 Å². The number of carboxylic acid groups (broad SMARTS) is 1. The van der Waals surface area contributed by atoms with Gasteiger partial charge < -0.3 is 25.0 Å². The number of benzene rings is 1. The van der Waals surface area contributed by atoms with Gasteiger partial charge in [-0.05, 0) is 30.2 Å². The van der Waals surface area contributed by atoms with Crippen molar-refractivity contribution in [3.05, 3.63) is 23.8 Å². The lowest BCUT2D eigenvalue weighted by Crippen LogP contribution is -2.38. The van der Waals surface area contributed by atoms with Crippen LogP contribution in [-0.4, -0.2) is 35.6 Å². The van der Waals surface area contributed by atoms with Crippen LogP contribution in [0.15, 0.2) is 18.2 Å². The van der Waals surface area contributed by atoms with Gasteiger partial charge in [0.1, 0.15) is 0 Å². The van der Waals surface area contributed by atoms with Gasteiger partial charge in [0.15, 0.2) is 11.5 Å². The number of aliphatic carboxylic acids is 1. The van der Waals surface area contributed by atoms with E-state index in [4.69, 9.17) is 14.6 Å². The minimum atomic E-state index is -0.948. The Morgan fingerprint density at radius 3 is 2.71 bits per heavy atom. The lowest BCUT2D eigenvalue weighted by molar-refractivity contribution is -0.138. The van der Waals surface area contributed by atoms with E-state index in [0.29, 0.717) is 29.5 Å². The van der Waals surface area contributed by atoms with E-state index in [-0.39, 0.29) is 13.2 Å². The number of carboxylic acids is 1. The van der Waals surface area contributed by atoms with Gasteiger partial charge in [-0.1, -0.05) is 19.9 Å². The molecule has 0 amide bonds. The Bertz CT molecular complexity index is 503. The molecular formula is C15H21NO5. The number of fused-ring (bicyclic) bond motifs is 1. The standard InChI is InChI=1S/C15H21NO5/c1-9(2)7-16-11(6-14(17)18)15(19)10-3-4-12-13(5-10)21-8-20-12/h3-5,9,11,15-16,19H,6-8H2,1-2H3,(H,17,18). The summed E-state index contributed by atoms with van der Waals surface area (Å²) in [6.45, 7) is 4.86. The number of nitrogens with one attached hydrogen (secondary N) is 1. The zero-order valence-corrected chi connectivity index (χ0v) is 12.2. The average molecular weight is 295 g/mol. The first-order valence-electron chi connectivity index (χ1n) is 7.00. The molecule has 0 fully saturated rings. The molecule has 0 aliphatic carbocycles. The molecule has 0 aromatic heterocycles. The normalized spacial score (nSPS) is 16.0. The molecule has 1 aromatic rings. The number of carbonyl (C=O) groups is 1. The van der Waals surface area contributed by atoms with Crippen molar-refractivity contribution in [2.24, 2.45) is 5.92 Å². The molecule has 2 unspecified atom stereocenters. The maximum Gasteiger partial charge on any atom is 0.305 e. The maximum atomic E-state index is 11.0. The molecule has 0 saturated heterocycles. The molecule has 0 bridgehead atoms. The molecular weight excluding hydrogens is 274 g/mol. The fourth-order valence-electron chi connectivity index (χ4n) is 2.20. The van der Waals surface area contributed by atoms with Gasteiger partial charge in [0.2, 0.25) is 6.79 Å². The summed E-state index contributed by atoms with van der Waals surface area (Å²) < 4.78 is 10.5. The van der Waals surface area contributed by atoms with Gasteiger partial charge in [0, 0.05) is 6.04 Å². The molecule has 116 valence electrons. The minimum absolute atomic E-state index is 0.150. The zero-order valence-electron chi connectivity index (χ0n) is 12.2. The van der Waals surface area contributed by atoms with E-state index < -0.39 is 18.1 Å². The highest BCUT2D eigenvalue weighted by Gasteiger charge is 2.25. The van der Waals surface area contributed by atoms with E-state index in [1.54, 1.807) is 18.2 Å². The number of aliphatic hydroxyl groups excluding tert-OH is 1. The van der Waals surface area contributed by atoms with Gasteiger partial charge in [0.05, 0.1) is 12.5 Å². The molecule has 6 heteroatoms. The molecule has 3 N–H and O–H groups in total. The third kappa shape index (κ3) is 4.09. The fraction of sp³-hybridized carbons (Fsp3) is 0.533. The smallest absolute Gasteiger partial charge is 0.305 e. The molecule has 0 saturated carbocycles. The van der Waals surface area contributed by atoms with Crippen LogP contribution in [0, 0.1) is 5.92 Å². The van der Waals surface area contributed by atoms with E-state index in [0.717, 1.165) is 0 Å². The summed E-state index contributed by atoms with van der Waals surface area (Å²) in [4.78, 5) is 11.0. The molecule has 0 radical (unpaired) electrons. The van der Waals surface area contributed by atoms with Crippen LogP contribution in [0.4, 0.5) is 0 Å². The van der Waals surface area contributed by atoms with Crippen LogP contribution in [0.3, 0.4) is 0 Å². The quantitative estimate of drug-likeness (QED) is 0.707. The summed E-state index contributed by atoms with van der Waals surface area (Å²) >= 11 is 0. The summed E-state index contributed by atoms with van der Waals surface area (Å²) in [7, 11) is 0. The number of hydrogen-bond donors (Lipinski definition) is 3. The largest absolute Gasteiger partial charge is 0.481 e. The molecule has 2 atom stereocenters. The maximum absolute atomic E-state index is 11.0. The van der Waals surface area contributed by atoms with Crippen LogP contribution in [0.1, 0.15) is 31.9 Å². The Labute approximate surface area is 123 Å². The van der Waals surface area contributed by atoms with Crippen molar-refractivity contribution in [2.45, 2.75) is 32.4 Å². The van der Waals surface area contributed by atoms with Gasteiger partial charge in [-0.25, -0.2) is 0 Å². The van der Waals surface area contributed by atoms with Crippen LogP contribution in [-0.2, 0) is 4.79 Å². The molecule has 6 nitrogen and oxygen atoms in total. The summed E-state index contributed by atoms with van der Waals surface area (Å²) in [6.07, 6.45) is -1.07. The first-order chi connectivity index (χ1) is 9.97. The molecule has 1 aliphatic heterocycles. The highest BCUT2D eigenvalue weighted by molar-refractivity contribution is 5.67. The minimum Gasteiger partial charge on any atom is -0.481 e. The average Bonchev–Trinajstić information content (AvgIpc) is 2.89. The second-order valence-electron chi connectivity index (χ2n) is 5.56. The number of aliphatic hydroxyl groups is 1. The highest BCUT2D eigenvalue weighted by atomic mass is 16.7. The second kappa shape index (κ2) is 6.78. The van der Waals surface area contributed by atoms with Crippen molar-refractivity contribution in [3.8, 4) is 11.5 Å². The van der Waals surface area contributed by atoms with Crippen LogP contribution in [0.5, 0.6) is 11.5 Å². The van der Waals surface area contributed by atoms with Crippen LogP contribution in [0.2, 0.25) is 0 Å². The Morgan fingerprint density at radius 1 is 1.33 bits per heavy atom. The molecule has 1 heterocycles. The zero-order chi connectivity index (χ0) is 15.4. The summed E-state index contributed by atoms with van der Waals surface area (Å²) in [6, 6.07) is 4.59. The molecule has 21 heavy (non-hydrogen) atoms. The van der Waals surface area contributed by atoms with E-state index in [2.05, 4.69) is 5.32 Å². The first kappa shape index (κ1) is 15.6. The van der Waals surface area contributed by atoms with Crippen LogP contribution < -0.4 is 14.8 Å². The van der Waals surface area contributed by atoms with Crippen LogP contribution >= 0.6 is 0 Å². The van der Waals surface area contributed by atoms with Gasteiger partial charge in [-0.15, -0.1) is 0 Å². The fourth-order valence-corrected chi connectivity index (χ4v) is 2.20. The SMILES string of the molecule is CC(C)CNC(CC(=O)O)C(O)c1ccc2c(c1)OCO2. The number of hydrogen-bond acceptors (Lipinski definition) is 5.